The smallest absolute Gasteiger partial charge is 0.308 e. The summed E-state index contributed by atoms with van der Waals surface area (Å²) in [5.41, 5.74) is 4.19. The molecule has 6 heteroatoms. The average Bonchev–Trinajstić information content (AvgIpc) is 3.08. The molecule has 2 amide bonds. The van der Waals surface area contributed by atoms with Gasteiger partial charge < -0.3 is 10.6 Å². The molecule has 0 saturated heterocycles. The minimum Gasteiger partial charge on any atom is -0.308 e. The topological polar surface area (TPSA) is 71.3 Å². The number of imidazole rings is 1. The normalized spacial score (nSPS) is 10.7. The molecule has 128 valence electrons. The fourth-order valence-corrected chi connectivity index (χ4v) is 2.72. The number of fused-ring (bicyclic) bond motifs is 1. The number of rotatable bonds is 3. The second-order valence-corrected chi connectivity index (χ2v) is 5.93. The molecule has 0 unspecified atom stereocenters. The summed E-state index contributed by atoms with van der Waals surface area (Å²) in [6.07, 6.45) is 5.52. The van der Waals surface area contributed by atoms with Gasteiger partial charge in [0.1, 0.15) is 0 Å². The molecule has 2 heterocycles. The molecular formula is C20H17N5O. The van der Waals surface area contributed by atoms with Crippen molar-refractivity contribution in [3.05, 3.63) is 78.8 Å². The lowest BCUT2D eigenvalue weighted by atomic mass is 10.1. The van der Waals surface area contributed by atoms with Gasteiger partial charge in [0.15, 0.2) is 0 Å². The minimum atomic E-state index is -0.284. The summed E-state index contributed by atoms with van der Waals surface area (Å²) >= 11 is 0. The lowest BCUT2D eigenvalue weighted by molar-refractivity contribution is 0.262. The lowest BCUT2D eigenvalue weighted by Gasteiger charge is -2.10. The van der Waals surface area contributed by atoms with Gasteiger partial charge >= 0.3 is 6.03 Å². The van der Waals surface area contributed by atoms with Crippen LogP contribution in [0.4, 0.5) is 16.2 Å². The van der Waals surface area contributed by atoms with Crippen LogP contribution in [-0.4, -0.2) is 20.4 Å². The summed E-state index contributed by atoms with van der Waals surface area (Å²) in [6, 6.07) is 16.8. The summed E-state index contributed by atoms with van der Waals surface area (Å²) in [5, 5.41) is 5.72. The van der Waals surface area contributed by atoms with Gasteiger partial charge in [-0.25, -0.2) is 14.8 Å². The first-order valence-electron chi connectivity index (χ1n) is 8.23. The Labute approximate surface area is 150 Å². The zero-order valence-corrected chi connectivity index (χ0v) is 14.2. The minimum absolute atomic E-state index is 0.284. The highest BCUT2D eigenvalue weighted by Gasteiger charge is 2.08. The number of nitrogens with one attached hydrogen (secondary N) is 2. The highest BCUT2D eigenvalue weighted by Crippen LogP contribution is 2.22. The Bertz CT molecular complexity index is 1050. The molecule has 0 aliphatic rings. The number of benzene rings is 2. The quantitative estimate of drug-likeness (QED) is 0.581. The first-order chi connectivity index (χ1) is 12.7. The van der Waals surface area contributed by atoms with Gasteiger partial charge in [-0.15, -0.1) is 0 Å². The van der Waals surface area contributed by atoms with E-state index in [0.29, 0.717) is 11.5 Å². The van der Waals surface area contributed by atoms with Crippen LogP contribution in [0.15, 0.2) is 73.2 Å². The number of hydrogen-bond acceptors (Lipinski definition) is 3. The Hall–Kier alpha value is -3.67. The first kappa shape index (κ1) is 15.8. The maximum Gasteiger partial charge on any atom is 0.323 e. The third-order valence-corrected chi connectivity index (χ3v) is 4.04. The molecular weight excluding hydrogens is 326 g/mol. The van der Waals surface area contributed by atoms with Gasteiger partial charge in [-0.3, -0.25) is 4.40 Å². The van der Waals surface area contributed by atoms with E-state index in [2.05, 4.69) is 20.6 Å². The van der Waals surface area contributed by atoms with E-state index in [1.54, 1.807) is 6.20 Å². The van der Waals surface area contributed by atoms with Crippen LogP contribution < -0.4 is 10.6 Å². The fraction of sp³-hybridized carbons (Fsp3) is 0.0500. The van der Waals surface area contributed by atoms with Crippen molar-refractivity contribution < 1.29 is 4.79 Å². The zero-order valence-electron chi connectivity index (χ0n) is 14.2. The Morgan fingerprint density at radius 3 is 2.77 bits per heavy atom. The highest BCUT2D eigenvalue weighted by atomic mass is 16.2. The predicted octanol–water partition coefficient (Wildman–Crippen LogP) is 4.35. The van der Waals surface area contributed by atoms with E-state index >= 15 is 0 Å². The van der Waals surface area contributed by atoms with E-state index in [1.807, 2.05) is 78.3 Å². The molecule has 26 heavy (non-hydrogen) atoms. The third kappa shape index (κ3) is 3.25. The molecule has 0 fully saturated rings. The number of urea groups is 1. The number of nitrogens with zero attached hydrogens (tertiary/aromatic N) is 3. The molecule has 0 aliphatic carbocycles. The first-order valence-corrected chi connectivity index (χ1v) is 8.23. The molecule has 6 nitrogen and oxygen atoms in total. The van der Waals surface area contributed by atoms with Crippen LogP contribution in [-0.2, 0) is 0 Å². The zero-order chi connectivity index (χ0) is 17.9. The lowest BCUT2D eigenvalue weighted by Crippen LogP contribution is -2.19. The van der Waals surface area contributed by atoms with Gasteiger partial charge in [0, 0.05) is 35.5 Å². The molecule has 2 aromatic carbocycles. The number of para-hydroxylation sites is 1. The SMILES string of the molecule is Cc1ccccc1NC(=O)Nc1cccc(-c2cn3cccnc3n2)c1. The largest absolute Gasteiger partial charge is 0.323 e. The molecule has 2 aromatic heterocycles. The van der Waals surface area contributed by atoms with Gasteiger partial charge in [0.25, 0.3) is 0 Å². The Kier molecular flexibility index (Phi) is 4.07. The van der Waals surface area contributed by atoms with E-state index in [-0.39, 0.29) is 6.03 Å². The second kappa shape index (κ2) is 6.68. The van der Waals surface area contributed by atoms with Crippen molar-refractivity contribution in [2.24, 2.45) is 0 Å². The van der Waals surface area contributed by atoms with Crippen molar-refractivity contribution in [1.29, 1.82) is 0 Å². The standard InChI is InChI=1S/C20H17N5O/c1-14-6-2-3-9-17(14)24-20(26)22-16-8-4-7-15(12-16)18-13-25-11-5-10-21-19(25)23-18/h2-13H,1H3,(H2,22,24,26). The van der Waals surface area contributed by atoms with E-state index < -0.39 is 0 Å². The van der Waals surface area contributed by atoms with Crippen LogP contribution in [0.1, 0.15) is 5.56 Å². The summed E-state index contributed by atoms with van der Waals surface area (Å²) in [7, 11) is 0. The van der Waals surface area contributed by atoms with E-state index in [9.17, 15) is 4.79 Å². The number of aryl methyl sites for hydroxylation is 1. The summed E-state index contributed by atoms with van der Waals surface area (Å²) < 4.78 is 1.86. The maximum atomic E-state index is 12.3. The number of carbonyl (C=O) groups is 1. The average molecular weight is 343 g/mol. The van der Waals surface area contributed by atoms with Crippen LogP contribution in [0.25, 0.3) is 17.0 Å². The molecule has 0 radical (unpaired) electrons. The second-order valence-electron chi connectivity index (χ2n) is 5.93. The van der Waals surface area contributed by atoms with Crippen molar-refractivity contribution >= 4 is 23.2 Å². The Morgan fingerprint density at radius 2 is 1.92 bits per heavy atom. The fourth-order valence-electron chi connectivity index (χ4n) is 2.72. The van der Waals surface area contributed by atoms with Crippen molar-refractivity contribution in [2.45, 2.75) is 6.92 Å². The van der Waals surface area contributed by atoms with Crippen molar-refractivity contribution in [1.82, 2.24) is 14.4 Å². The maximum absolute atomic E-state index is 12.3. The van der Waals surface area contributed by atoms with Gasteiger partial charge in [-0.05, 0) is 36.8 Å². The van der Waals surface area contributed by atoms with E-state index in [1.165, 1.54) is 0 Å². The molecule has 0 saturated carbocycles. The Morgan fingerprint density at radius 1 is 1.04 bits per heavy atom. The number of hydrogen-bond donors (Lipinski definition) is 2. The van der Waals surface area contributed by atoms with Gasteiger partial charge in [-0.2, -0.15) is 0 Å². The molecule has 2 N–H and O–H groups in total. The molecule has 0 bridgehead atoms. The third-order valence-electron chi connectivity index (χ3n) is 4.04. The summed E-state index contributed by atoms with van der Waals surface area (Å²) in [6.45, 7) is 1.95. The number of anilines is 2. The number of amides is 2. The van der Waals surface area contributed by atoms with Crippen LogP contribution in [0.2, 0.25) is 0 Å². The molecule has 4 rings (SSSR count). The van der Waals surface area contributed by atoms with Crippen LogP contribution in [0.3, 0.4) is 0 Å². The van der Waals surface area contributed by atoms with Crippen molar-refractivity contribution in [2.75, 3.05) is 10.6 Å². The molecule has 0 aliphatic heterocycles. The van der Waals surface area contributed by atoms with Gasteiger partial charge in [0.05, 0.1) is 5.69 Å². The summed E-state index contributed by atoms with van der Waals surface area (Å²) in [5.74, 6) is 0.637. The molecule has 0 spiro atoms. The van der Waals surface area contributed by atoms with Gasteiger partial charge in [-0.1, -0.05) is 30.3 Å². The van der Waals surface area contributed by atoms with Gasteiger partial charge in [0.2, 0.25) is 5.78 Å². The van der Waals surface area contributed by atoms with Crippen molar-refractivity contribution in [3.63, 3.8) is 0 Å². The summed E-state index contributed by atoms with van der Waals surface area (Å²) in [4.78, 5) is 21.0. The van der Waals surface area contributed by atoms with Crippen LogP contribution >= 0.6 is 0 Å². The molecule has 0 atom stereocenters. The number of carbonyl (C=O) groups excluding carboxylic acids is 1. The Balaban J connectivity index is 1.54. The van der Waals surface area contributed by atoms with E-state index in [4.69, 9.17) is 0 Å². The molecule has 4 aromatic rings. The predicted molar refractivity (Wildman–Crippen MR) is 102 cm³/mol. The highest BCUT2D eigenvalue weighted by molar-refractivity contribution is 6.00. The number of aromatic nitrogens is 3. The van der Waals surface area contributed by atoms with Crippen LogP contribution in [0, 0.1) is 6.92 Å². The monoisotopic (exact) mass is 343 g/mol. The van der Waals surface area contributed by atoms with E-state index in [0.717, 1.165) is 22.5 Å². The van der Waals surface area contributed by atoms with Crippen LogP contribution in [0.5, 0.6) is 0 Å². The van der Waals surface area contributed by atoms with Crippen molar-refractivity contribution in [3.8, 4) is 11.3 Å².